The molecule has 0 saturated carbocycles. The van der Waals surface area contributed by atoms with Crippen molar-refractivity contribution in [2.75, 3.05) is 11.9 Å². The third-order valence-corrected chi connectivity index (χ3v) is 3.14. The highest BCUT2D eigenvalue weighted by atomic mass is 19.1. The molecule has 1 aromatic carbocycles. The van der Waals surface area contributed by atoms with Gasteiger partial charge in [0.1, 0.15) is 5.82 Å². The van der Waals surface area contributed by atoms with E-state index in [-0.39, 0.29) is 5.82 Å². The van der Waals surface area contributed by atoms with E-state index in [2.05, 4.69) is 35.0 Å². The van der Waals surface area contributed by atoms with E-state index >= 15 is 0 Å². The minimum absolute atomic E-state index is 0.210. The van der Waals surface area contributed by atoms with Crippen LogP contribution in [0.5, 0.6) is 0 Å². The molecular formula is C15H20FN3. The molecule has 1 N–H and O–H groups in total. The molecule has 0 aliphatic carbocycles. The van der Waals surface area contributed by atoms with E-state index < -0.39 is 0 Å². The van der Waals surface area contributed by atoms with Gasteiger partial charge in [-0.3, -0.25) is 4.68 Å². The number of aromatic nitrogens is 2. The second kappa shape index (κ2) is 6.36. The molecular weight excluding hydrogens is 241 g/mol. The van der Waals surface area contributed by atoms with Crippen molar-refractivity contribution in [3.05, 3.63) is 47.5 Å². The lowest BCUT2D eigenvalue weighted by Crippen LogP contribution is -2.13. The lowest BCUT2D eigenvalue weighted by molar-refractivity contribution is 0.600. The van der Waals surface area contributed by atoms with E-state index in [9.17, 15) is 4.39 Å². The number of halogens is 1. The summed E-state index contributed by atoms with van der Waals surface area (Å²) in [6, 6.07) is 8.58. The summed E-state index contributed by atoms with van der Waals surface area (Å²) in [6.45, 7) is 5.85. The van der Waals surface area contributed by atoms with E-state index in [4.69, 9.17) is 0 Å². The molecule has 0 radical (unpaired) electrons. The molecule has 1 aromatic heterocycles. The number of nitrogens with one attached hydrogen (secondary N) is 1. The van der Waals surface area contributed by atoms with Crippen LogP contribution in [0.3, 0.4) is 0 Å². The maximum Gasteiger partial charge on any atom is 0.123 e. The third-order valence-electron chi connectivity index (χ3n) is 3.14. The smallest absolute Gasteiger partial charge is 0.123 e. The Morgan fingerprint density at radius 3 is 2.53 bits per heavy atom. The van der Waals surface area contributed by atoms with Crippen LogP contribution in [-0.4, -0.2) is 16.3 Å². The summed E-state index contributed by atoms with van der Waals surface area (Å²) in [6.07, 6.45) is 1.95. The van der Waals surface area contributed by atoms with Crippen LogP contribution < -0.4 is 5.32 Å². The Hall–Kier alpha value is -1.84. The average Bonchev–Trinajstić information content (AvgIpc) is 2.83. The van der Waals surface area contributed by atoms with Gasteiger partial charge in [-0.25, -0.2) is 4.39 Å². The van der Waals surface area contributed by atoms with Crippen molar-refractivity contribution in [3.8, 4) is 0 Å². The molecule has 0 aliphatic rings. The van der Waals surface area contributed by atoms with E-state index in [1.807, 2.05) is 0 Å². The van der Waals surface area contributed by atoms with Crippen LogP contribution in [-0.2, 0) is 19.4 Å². The van der Waals surface area contributed by atoms with Crippen molar-refractivity contribution in [3.63, 3.8) is 0 Å². The predicted octanol–water partition coefficient (Wildman–Crippen LogP) is 3.26. The van der Waals surface area contributed by atoms with Gasteiger partial charge in [-0.2, -0.15) is 5.10 Å². The Morgan fingerprint density at radius 2 is 1.89 bits per heavy atom. The second-order valence-corrected chi connectivity index (χ2v) is 4.49. The van der Waals surface area contributed by atoms with E-state index in [0.717, 1.165) is 37.3 Å². The zero-order valence-corrected chi connectivity index (χ0v) is 11.5. The third kappa shape index (κ3) is 3.56. The first-order valence-corrected chi connectivity index (χ1v) is 6.78. The molecule has 0 unspecified atom stereocenters. The highest BCUT2D eigenvalue weighted by Gasteiger charge is 2.04. The molecule has 4 heteroatoms. The van der Waals surface area contributed by atoms with Crippen LogP contribution in [0.25, 0.3) is 0 Å². The number of nitrogens with zero attached hydrogens (tertiary/aromatic N) is 2. The normalized spacial score (nSPS) is 10.7. The first kappa shape index (κ1) is 13.6. The summed E-state index contributed by atoms with van der Waals surface area (Å²) in [7, 11) is 0. The molecule has 2 rings (SSSR count). The topological polar surface area (TPSA) is 29.9 Å². The zero-order chi connectivity index (χ0) is 13.7. The average molecular weight is 261 g/mol. The zero-order valence-electron chi connectivity index (χ0n) is 11.5. The number of anilines is 1. The number of benzene rings is 1. The van der Waals surface area contributed by atoms with Gasteiger partial charge in [-0.1, -0.05) is 13.8 Å². The second-order valence-electron chi connectivity index (χ2n) is 4.49. The van der Waals surface area contributed by atoms with E-state index in [0.29, 0.717) is 0 Å². The maximum atomic E-state index is 12.8. The molecule has 0 spiro atoms. The Balaban J connectivity index is 1.91. The molecule has 0 aliphatic heterocycles. The van der Waals surface area contributed by atoms with Crippen LogP contribution in [0, 0.1) is 5.82 Å². The molecule has 0 bridgehead atoms. The molecule has 0 fully saturated rings. The summed E-state index contributed by atoms with van der Waals surface area (Å²) < 4.78 is 14.8. The largest absolute Gasteiger partial charge is 0.383 e. The van der Waals surface area contributed by atoms with Crippen LogP contribution >= 0.6 is 0 Å². The quantitative estimate of drug-likeness (QED) is 0.865. The highest BCUT2D eigenvalue weighted by molar-refractivity contribution is 5.42. The van der Waals surface area contributed by atoms with Crippen molar-refractivity contribution in [2.24, 2.45) is 0 Å². The summed E-state index contributed by atoms with van der Waals surface area (Å²) in [5.41, 5.74) is 3.33. The Morgan fingerprint density at radius 1 is 1.16 bits per heavy atom. The van der Waals surface area contributed by atoms with E-state index in [1.165, 1.54) is 17.8 Å². The van der Waals surface area contributed by atoms with Gasteiger partial charge in [-0.15, -0.1) is 0 Å². The highest BCUT2D eigenvalue weighted by Crippen LogP contribution is 2.09. The Labute approximate surface area is 113 Å². The molecule has 2 aromatic rings. The fraction of sp³-hybridized carbons (Fsp3) is 0.400. The fourth-order valence-electron chi connectivity index (χ4n) is 2.04. The summed E-state index contributed by atoms with van der Waals surface area (Å²) in [5.74, 6) is -0.210. The molecule has 3 nitrogen and oxygen atoms in total. The van der Waals surface area contributed by atoms with Gasteiger partial charge in [-0.05, 0) is 43.2 Å². The predicted molar refractivity (Wildman–Crippen MR) is 75.9 cm³/mol. The van der Waals surface area contributed by atoms with Gasteiger partial charge in [0, 0.05) is 17.9 Å². The van der Waals surface area contributed by atoms with Crippen molar-refractivity contribution in [2.45, 2.75) is 33.2 Å². The summed E-state index contributed by atoms with van der Waals surface area (Å²) in [5, 5.41) is 7.83. The molecule has 19 heavy (non-hydrogen) atoms. The molecule has 0 atom stereocenters. The number of hydrogen-bond acceptors (Lipinski definition) is 2. The fourth-order valence-corrected chi connectivity index (χ4v) is 2.04. The number of hydrogen-bond donors (Lipinski definition) is 1. The molecule has 102 valence electrons. The van der Waals surface area contributed by atoms with Crippen LogP contribution in [0.15, 0.2) is 30.3 Å². The maximum absolute atomic E-state index is 12.8. The minimum atomic E-state index is -0.210. The molecule has 1 heterocycles. The molecule has 0 amide bonds. The van der Waals surface area contributed by atoms with Crippen LogP contribution in [0.1, 0.15) is 25.2 Å². The van der Waals surface area contributed by atoms with Gasteiger partial charge < -0.3 is 5.32 Å². The Kier molecular flexibility index (Phi) is 4.55. The standard InChI is InChI=1S/C15H20FN3/c1-3-13-11-15(4-2)19(18-13)10-9-17-14-7-5-12(16)6-8-14/h5-8,11,17H,3-4,9-10H2,1-2H3. The lowest BCUT2D eigenvalue weighted by Gasteiger charge is -2.08. The lowest BCUT2D eigenvalue weighted by atomic mass is 10.2. The first-order chi connectivity index (χ1) is 9.22. The van der Waals surface area contributed by atoms with Crippen molar-refractivity contribution < 1.29 is 4.39 Å². The van der Waals surface area contributed by atoms with Gasteiger partial charge in [0.25, 0.3) is 0 Å². The SMILES string of the molecule is CCc1cc(CC)n(CCNc2ccc(F)cc2)n1. The monoisotopic (exact) mass is 261 g/mol. The van der Waals surface area contributed by atoms with Crippen LogP contribution in [0.4, 0.5) is 10.1 Å². The van der Waals surface area contributed by atoms with Crippen molar-refractivity contribution >= 4 is 5.69 Å². The minimum Gasteiger partial charge on any atom is -0.383 e. The van der Waals surface area contributed by atoms with Crippen LogP contribution in [0.2, 0.25) is 0 Å². The first-order valence-electron chi connectivity index (χ1n) is 6.78. The van der Waals surface area contributed by atoms with Gasteiger partial charge in [0.2, 0.25) is 0 Å². The molecule has 0 saturated heterocycles. The summed E-state index contributed by atoms with van der Waals surface area (Å²) in [4.78, 5) is 0. The van der Waals surface area contributed by atoms with E-state index in [1.54, 1.807) is 12.1 Å². The van der Waals surface area contributed by atoms with Crippen molar-refractivity contribution in [1.29, 1.82) is 0 Å². The summed E-state index contributed by atoms with van der Waals surface area (Å²) >= 11 is 0. The number of rotatable bonds is 6. The van der Waals surface area contributed by atoms with Crippen molar-refractivity contribution in [1.82, 2.24) is 9.78 Å². The Bertz CT molecular complexity index is 517. The van der Waals surface area contributed by atoms with Gasteiger partial charge in [0.05, 0.1) is 12.2 Å². The van der Waals surface area contributed by atoms with Gasteiger partial charge in [0.15, 0.2) is 0 Å². The van der Waals surface area contributed by atoms with Gasteiger partial charge >= 0.3 is 0 Å². The number of aryl methyl sites for hydroxylation is 2.